The van der Waals surface area contributed by atoms with Crippen molar-refractivity contribution >= 4 is 5.97 Å². The van der Waals surface area contributed by atoms with Crippen molar-refractivity contribution in [2.24, 2.45) is 0 Å². The topological polar surface area (TPSA) is 55.8 Å². The van der Waals surface area contributed by atoms with Crippen LogP contribution in [0.3, 0.4) is 0 Å². The summed E-state index contributed by atoms with van der Waals surface area (Å²) < 4.78 is 11.1. The van der Waals surface area contributed by atoms with Crippen molar-refractivity contribution in [1.29, 1.82) is 0 Å². The second-order valence-corrected chi connectivity index (χ2v) is 13.7. The second-order valence-electron chi connectivity index (χ2n) is 13.7. The van der Waals surface area contributed by atoms with Gasteiger partial charge in [-0.05, 0) is 70.6 Å². The molecule has 0 amide bonds. The molecule has 1 unspecified atom stereocenters. The van der Waals surface area contributed by atoms with Crippen LogP contribution in [0, 0.1) is 0 Å². The number of hydrogen-bond donors (Lipinski definition) is 1. The van der Waals surface area contributed by atoms with Gasteiger partial charge in [-0.1, -0.05) is 166 Å². The fourth-order valence-corrected chi connectivity index (χ4v) is 5.82. The third-order valence-electron chi connectivity index (χ3n) is 8.94. The number of carbonyl (C=O) groups excluding carboxylic acids is 1. The lowest BCUT2D eigenvalue weighted by molar-refractivity contribution is -0.154. The summed E-state index contributed by atoms with van der Waals surface area (Å²) >= 11 is 0. The SMILES string of the molecule is CCCCCC/C=C\C/C=C\CCCCCCCCCCOCC(CO)OC(=O)CCCCCCC/C=C\CCCCCCCCC. The smallest absolute Gasteiger partial charge is 0.306 e. The molecule has 47 heavy (non-hydrogen) atoms. The first-order chi connectivity index (χ1) is 23.2. The molecule has 1 N–H and O–H groups in total. The van der Waals surface area contributed by atoms with Crippen LogP contribution in [-0.2, 0) is 14.3 Å². The normalized spacial score (nSPS) is 12.7. The van der Waals surface area contributed by atoms with E-state index >= 15 is 0 Å². The van der Waals surface area contributed by atoms with Gasteiger partial charge in [-0.15, -0.1) is 0 Å². The summed E-state index contributed by atoms with van der Waals surface area (Å²) in [4.78, 5) is 12.2. The minimum absolute atomic E-state index is 0.176. The summed E-state index contributed by atoms with van der Waals surface area (Å²) in [5.74, 6) is -0.211. The van der Waals surface area contributed by atoms with E-state index in [4.69, 9.17) is 9.47 Å². The maximum atomic E-state index is 12.2. The molecule has 0 aromatic heterocycles. The van der Waals surface area contributed by atoms with Crippen LogP contribution in [0.1, 0.15) is 206 Å². The lowest BCUT2D eigenvalue weighted by Crippen LogP contribution is -2.27. The van der Waals surface area contributed by atoms with Gasteiger partial charge in [-0.3, -0.25) is 4.79 Å². The Morgan fingerprint density at radius 1 is 0.511 bits per heavy atom. The molecular formula is C43H80O4. The van der Waals surface area contributed by atoms with Crippen LogP contribution in [-0.4, -0.2) is 37.0 Å². The lowest BCUT2D eigenvalue weighted by atomic mass is 10.1. The molecule has 0 aromatic rings. The van der Waals surface area contributed by atoms with E-state index in [0.717, 1.165) is 25.7 Å². The van der Waals surface area contributed by atoms with E-state index in [1.54, 1.807) is 0 Å². The van der Waals surface area contributed by atoms with Crippen molar-refractivity contribution in [2.75, 3.05) is 19.8 Å². The standard InChI is InChI=1S/C43H80O4/c1-3-5-7-9-11-13-15-17-19-21-22-23-25-27-29-31-33-35-37-39-46-41-42(40-44)47-43(45)38-36-34-32-30-28-26-24-20-18-16-14-12-10-8-6-4-2/h13,15,19-21,24,42,44H,3-12,14,16-18,22-23,25-41H2,1-2H3/b15-13-,21-19-,24-20-. The monoisotopic (exact) mass is 661 g/mol. The van der Waals surface area contributed by atoms with E-state index < -0.39 is 6.10 Å². The summed E-state index contributed by atoms with van der Waals surface area (Å²) in [5, 5.41) is 9.58. The third kappa shape index (κ3) is 38.9. The zero-order chi connectivity index (χ0) is 34.1. The molecule has 0 aliphatic carbocycles. The average molecular weight is 661 g/mol. The molecule has 276 valence electrons. The van der Waals surface area contributed by atoms with Crippen molar-refractivity contribution in [3.8, 4) is 0 Å². The zero-order valence-electron chi connectivity index (χ0n) is 31.5. The fourth-order valence-electron chi connectivity index (χ4n) is 5.82. The van der Waals surface area contributed by atoms with Gasteiger partial charge < -0.3 is 14.6 Å². The van der Waals surface area contributed by atoms with E-state index in [0.29, 0.717) is 19.6 Å². The molecule has 4 nitrogen and oxygen atoms in total. The second kappa shape index (κ2) is 40.8. The van der Waals surface area contributed by atoms with Gasteiger partial charge in [0.05, 0.1) is 13.2 Å². The van der Waals surface area contributed by atoms with Crippen LogP contribution >= 0.6 is 0 Å². The first-order valence-corrected chi connectivity index (χ1v) is 20.6. The number of rotatable bonds is 38. The lowest BCUT2D eigenvalue weighted by Gasteiger charge is -2.15. The summed E-state index contributed by atoms with van der Waals surface area (Å²) in [5.41, 5.74) is 0. The summed E-state index contributed by atoms with van der Waals surface area (Å²) in [6, 6.07) is 0. The highest BCUT2D eigenvalue weighted by atomic mass is 16.6. The van der Waals surface area contributed by atoms with Crippen LogP contribution in [0.15, 0.2) is 36.5 Å². The molecular weight excluding hydrogens is 580 g/mol. The Hall–Kier alpha value is -1.39. The van der Waals surface area contributed by atoms with E-state index in [-0.39, 0.29) is 12.6 Å². The van der Waals surface area contributed by atoms with Crippen molar-refractivity contribution < 1.29 is 19.4 Å². The molecule has 0 saturated carbocycles. The molecule has 0 aliphatic rings. The Kier molecular flexibility index (Phi) is 39.6. The predicted molar refractivity (Wildman–Crippen MR) is 205 cm³/mol. The van der Waals surface area contributed by atoms with E-state index in [1.165, 1.54) is 161 Å². The third-order valence-corrected chi connectivity index (χ3v) is 8.94. The molecule has 0 aromatic carbocycles. The maximum Gasteiger partial charge on any atom is 0.306 e. The largest absolute Gasteiger partial charge is 0.457 e. The van der Waals surface area contributed by atoms with Crippen molar-refractivity contribution in [3.63, 3.8) is 0 Å². The molecule has 0 heterocycles. The summed E-state index contributed by atoms with van der Waals surface area (Å²) in [6.45, 7) is 5.32. The Balaban J connectivity index is 3.45. The van der Waals surface area contributed by atoms with Crippen molar-refractivity contribution in [3.05, 3.63) is 36.5 Å². The molecule has 4 heteroatoms. The van der Waals surface area contributed by atoms with Crippen LogP contribution in [0.25, 0.3) is 0 Å². The van der Waals surface area contributed by atoms with Gasteiger partial charge in [-0.25, -0.2) is 0 Å². The molecule has 0 radical (unpaired) electrons. The van der Waals surface area contributed by atoms with E-state index in [1.807, 2.05) is 0 Å². The molecule has 0 saturated heterocycles. The van der Waals surface area contributed by atoms with Crippen molar-refractivity contribution in [2.45, 2.75) is 213 Å². The Bertz CT molecular complexity index is 698. The van der Waals surface area contributed by atoms with Gasteiger partial charge in [0.25, 0.3) is 0 Å². The van der Waals surface area contributed by atoms with Gasteiger partial charge in [-0.2, -0.15) is 0 Å². The molecule has 1 atom stereocenters. The minimum atomic E-state index is -0.540. The predicted octanol–water partition coefficient (Wildman–Crippen LogP) is 13.3. The average Bonchev–Trinajstić information content (AvgIpc) is 3.08. The molecule has 0 spiro atoms. The Labute approximate surface area is 293 Å². The number of aliphatic hydroxyl groups is 1. The zero-order valence-corrected chi connectivity index (χ0v) is 31.5. The highest BCUT2D eigenvalue weighted by molar-refractivity contribution is 5.69. The van der Waals surface area contributed by atoms with Crippen LogP contribution in [0.2, 0.25) is 0 Å². The summed E-state index contributed by atoms with van der Waals surface area (Å²) in [6.07, 6.45) is 50.5. The molecule has 0 bridgehead atoms. The first-order valence-electron chi connectivity index (χ1n) is 20.6. The highest BCUT2D eigenvalue weighted by Crippen LogP contribution is 2.13. The maximum absolute atomic E-state index is 12.2. The Morgan fingerprint density at radius 2 is 0.894 bits per heavy atom. The molecule has 0 aliphatic heterocycles. The van der Waals surface area contributed by atoms with Crippen LogP contribution < -0.4 is 0 Å². The number of unbranched alkanes of at least 4 members (excludes halogenated alkanes) is 24. The number of ether oxygens (including phenoxy) is 2. The van der Waals surface area contributed by atoms with Crippen molar-refractivity contribution in [1.82, 2.24) is 0 Å². The highest BCUT2D eigenvalue weighted by Gasteiger charge is 2.13. The fraction of sp³-hybridized carbons (Fsp3) is 0.837. The molecule has 0 fully saturated rings. The minimum Gasteiger partial charge on any atom is -0.457 e. The van der Waals surface area contributed by atoms with Crippen LogP contribution in [0.4, 0.5) is 0 Å². The summed E-state index contributed by atoms with van der Waals surface area (Å²) in [7, 11) is 0. The van der Waals surface area contributed by atoms with E-state index in [9.17, 15) is 9.90 Å². The molecule has 0 rings (SSSR count). The Morgan fingerprint density at radius 3 is 1.36 bits per heavy atom. The number of carbonyl (C=O) groups is 1. The van der Waals surface area contributed by atoms with Crippen LogP contribution in [0.5, 0.6) is 0 Å². The van der Waals surface area contributed by atoms with E-state index in [2.05, 4.69) is 50.3 Å². The van der Waals surface area contributed by atoms with Gasteiger partial charge in [0, 0.05) is 13.0 Å². The van der Waals surface area contributed by atoms with Gasteiger partial charge >= 0.3 is 5.97 Å². The van der Waals surface area contributed by atoms with Gasteiger partial charge in [0.15, 0.2) is 0 Å². The number of allylic oxidation sites excluding steroid dienone is 6. The first kappa shape index (κ1) is 45.6. The number of aliphatic hydroxyl groups excluding tert-OH is 1. The van der Waals surface area contributed by atoms with Gasteiger partial charge in [0.1, 0.15) is 6.10 Å². The quantitative estimate of drug-likeness (QED) is 0.0407. The van der Waals surface area contributed by atoms with Gasteiger partial charge in [0.2, 0.25) is 0 Å². The number of esters is 1. The number of hydrogen-bond acceptors (Lipinski definition) is 4.